The lowest BCUT2D eigenvalue weighted by atomic mass is 10.2. The quantitative estimate of drug-likeness (QED) is 0.403. The maximum absolute atomic E-state index is 5.01. The van der Waals surface area contributed by atoms with Gasteiger partial charge in [-0.05, 0) is 24.3 Å². The van der Waals surface area contributed by atoms with Crippen molar-refractivity contribution in [3.63, 3.8) is 0 Å². The maximum atomic E-state index is 5.01. The van der Waals surface area contributed by atoms with Crippen LogP contribution >= 0.6 is 11.3 Å². The van der Waals surface area contributed by atoms with Crippen molar-refractivity contribution in [1.82, 2.24) is 18.9 Å². The lowest BCUT2D eigenvalue weighted by Gasteiger charge is -1.97. The fraction of sp³-hybridized carbons (Fsp3) is 0.0526. The van der Waals surface area contributed by atoms with E-state index in [2.05, 4.69) is 52.4 Å². The Bertz CT molecular complexity index is 1420. The first-order valence-electron chi connectivity index (χ1n) is 7.85. The van der Waals surface area contributed by atoms with Crippen LogP contribution in [-0.4, -0.2) is 18.9 Å². The van der Waals surface area contributed by atoms with Crippen LogP contribution in [0.4, 0.5) is 0 Å². The number of thiophene rings is 1. The summed E-state index contributed by atoms with van der Waals surface area (Å²) < 4.78 is 5.57. The number of para-hydroxylation sites is 2. The third-order valence-corrected chi connectivity index (χ3v) is 5.83. The molecule has 114 valence electrons. The highest BCUT2D eigenvalue weighted by atomic mass is 32.1. The SMILES string of the molecule is Cn1c2cc3c(nc2n2c4ccccc4nc12)sc1ccccc13. The van der Waals surface area contributed by atoms with Gasteiger partial charge in [-0.2, -0.15) is 0 Å². The van der Waals surface area contributed by atoms with Crippen molar-refractivity contribution in [2.75, 3.05) is 0 Å². The molecule has 0 bridgehead atoms. The number of aryl methyl sites for hydroxylation is 1. The lowest BCUT2D eigenvalue weighted by Crippen LogP contribution is -1.88. The fourth-order valence-electron chi connectivity index (χ4n) is 3.60. The zero-order chi connectivity index (χ0) is 15.8. The van der Waals surface area contributed by atoms with Crippen molar-refractivity contribution in [2.45, 2.75) is 0 Å². The van der Waals surface area contributed by atoms with E-state index in [0.29, 0.717) is 0 Å². The second kappa shape index (κ2) is 4.13. The minimum absolute atomic E-state index is 0.931. The molecule has 0 radical (unpaired) electrons. The summed E-state index contributed by atoms with van der Waals surface area (Å²) in [6.07, 6.45) is 0. The van der Waals surface area contributed by atoms with E-state index in [-0.39, 0.29) is 0 Å². The smallest absolute Gasteiger partial charge is 0.216 e. The molecule has 6 rings (SSSR count). The highest BCUT2D eigenvalue weighted by Gasteiger charge is 2.17. The van der Waals surface area contributed by atoms with E-state index >= 15 is 0 Å². The van der Waals surface area contributed by atoms with Crippen molar-refractivity contribution >= 4 is 59.6 Å². The largest absolute Gasteiger partial charge is 0.311 e. The van der Waals surface area contributed by atoms with Gasteiger partial charge < -0.3 is 4.57 Å². The van der Waals surface area contributed by atoms with Gasteiger partial charge in [0.25, 0.3) is 0 Å². The molecule has 24 heavy (non-hydrogen) atoms. The van der Waals surface area contributed by atoms with Gasteiger partial charge in [-0.25, -0.2) is 9.97 Å². The van der Waals surface area contributed by atoms with Crippen LogP contribution in [0.5, 0.6) is 0 Å². The standard InChI is InChI=1S/C19H12N4S/c1-22-15-10-12-11-6-2-5-9-16(11)24-18(12)21-17(15)23-14-8-4-3-7-13(14)20-19(22)23/h2-10H,1H3. The molecule has 2 aromatic carbocycles. The third kappa shape index (κ3) is 1.39. The maximum Gasteiger partial charge on any atom is 0.216 e. The molecule has 4 aromatic heterocycles. The summed E-state index contributed by atoms with van der Waals surface area (Å²) >= 11 is 1.75. The molecule has 0 fully saturated rings. The van der Waals surface area contributed by atoms with Crippen molar-refractivity contribution in [1.29, 1.82) is 0 Å². The van der Waals surface area contributed by atoms with Gasteiger partial charge in [-0.1, -0.05) is 30.3 Å². The molecule has 0 unspecified atom stereocenters. The normalized spacial score (nSPS) is 12.4. The molecule has 0 spiro atoms. The Morgan fingerprint density at radius 1 is 0.875 bits per heavy atom. The van der Waals surface area contributed by atoms with Crippen molar-refractivity contribution in [3.05, 3.63) is 54.6 Å². The van der Waals surface area contributed by atoms with E-state index in [1.165, 1.54) is 15.5 Å². The summed E-state index contributed by atoms with van der Waals surface area (Å²) in [4.78, 5) is 10.9. The van der Waals surface area contributed by atoms with Gasteiger partial charge in [0.15, 0.2) is 5.65 Å². The number of aromatic nitrogens is 4. The summed E-state index contributed by atoms with van der Waals surface area (Å²) in [7, 11) is 2.06. The van der Waals surface area contributed by atoms with Gasteiger partial charge in [-0.15, -0.1) is 11.3 Å². The molecule has 5 heteroatoms. The zero-order valence-electron chi connectivity index (χ0n) is 12.9. The van der Waals surface area contributed by atoms with E-state index in [9.17, 15) is 0 Å². The Hall–Kier alpha value is -2.92. The van der Waals surface area contributed by atoms with E-state index < -0.39 is 0 Å². The first-order valence-corrected chi connectivity index (χ1v) is 8.67. The van der Waals surface area contributed by atoms with E-state index in [1.807, 2.05) is 18.2 Å². The highest BCUT2D eigenvalue weighted by Crippen LogP contribution is 2.35. The molecule has 0 amide bonds. The summed E-state index contributed by atoms with van der Waals surface area (Å²) in [6.45, 7) is 0. The second-order valence-electron chi connectivity index (χ2n) is 6.08. The number of nitrogens with zero attached hydrogens (tertiary/aromatic N) is 4. The molecule has 4 heterocycles. The minimum Gasteiger partial charge on any atom is -0.311 e. The Balaban J connectivity index is 1.90. The Morgan fingerprint density at radius 3 is 2.67 bits per heavy atom. The van der Waals surface area contributed by atoms with Crippen LogP contribution in [0.3, 0.4) is 0 Å². The van der Waals surface area contributed by atoms with Crippen molar-refractivity contribution in [3.8, 4) is 0 Å². The van der Waals surface area contributed by atoms with Gasteiger partial charge >= 0.3 is 0 Å². The molecule has 6 aromatic rings. The number of pyridine rings is 1. The van der Waals surface area contributed by atoms with E-state index in [4.69, 9.17) is 9.97 Å². The number of hydrogen-bond acceptors (Lipinski definition) is 3. The Labute approximate surface area is 140 Å². The van der Waals surface area contributed by atoms with Gasteiger partial charge in [0, 0.05) is 22.5 Å². The summed E-state index contributed by atoms with van der Waals surface area (Å²) in [5.74, 6) is 0.931. The molecular formula is C19H12N4S. The third-order valence-electron chi connectivity index (χ3n) is 4.75. The molecular weight excluding hydrogens is 316 g/mol. The van der Waals surface area contributed by atoms with Crippen LogP contribution in [0.15, 0.2) is 54.6 Å². The van der Waals surface area contributed by atoms with Gasteiger partial charge in [0.1, 0.15) is 4.83 Å². The number of imidazole rings is 2. The van der Waals surface area contributed by atoms with Crippen LogP contribution in [0.2, 0.25) is 0 Å². The van der Waals surface area contributed by atoms with Gasteiger partial charge in [0.2, 0.25) is 5.78 Å². The Morgan fingerprint density at radius 2 is 1.71 bits per heavy atom. The summed E-state index contributed by atoms with van der Waals surface area (Å²) in [5, 5.41) is 2.49. The van der Waals surface area contributed by atoms with Crippen LogP contribution in [0.25, 0.3) is 48.3 Å². The molecule has 0 atom stereocenters. The first kappa shape index (κ1) is 12.5. The summed E-state index contributed by atoms with van der Waals surface area (Å²) in [5.41, 5.74) is 4.19. The molecule has 4 nitrogen and oxygen atoms in total. The average molecular weight is 328 g/mol. The molecule has 0 saturated carbocycles. The van der Waals surface area contributed by atoms with Crippen LogP contribution in [0, 0.1) is 0 Å². The number of fused-ring (bicyclic) bond motifs is 8. The fourth-order valence-corrected chi connectivity index (χ4v) is 4.65. The number of hydrogen-bond donors (Lipinski definition) is 0. The van der Waals surface area contributed by atoms with Crippen LogP contribution in [0.1, 0.15) is 0 Å². The lowest BCUT2D eigenvalue weighted by molar-refractivity contribution is 0.974. The molecule has 0 aliphatic heterocycles. The second-order valence-corrected chi connectivity index (χ2v) is 7.11. The van der Waals surface area contributed by atoms with E-state index in [1.54, 1.807) is 11.3 Å². The molecule has 0 saturated heterocycles. The molecule has 0 N–H and O–H groups in total. The topological polar surface area (TPSA) is 35.1 Å². The Kier molecular flexibility index (Phi) is 2.15. The van der Waals surface area contributed by atoms with Crippen LogP contribution in [-0.2, 0) is 7.05 Å². The number of benzene rings is 2. The predicted octanol–water partition coefficient (Wildman–Crippen LogP) is 4.74. The summed E-state index contributed by atoms with van der Waals surface area (Å²) in [6, 6.07) is 19.0. The number of rotatable bonds is 0. The van der Waals surface area contributed by atoms with Crippen LogP contribution < -0.4 is 0 Å². The van der Waals surface area contributed by atoms with Crippen molar-refractivity contribution < 1.29 is 0 Å². The van der Waals surface area contributed by atoms with Gasteiger partial charge in [-0.3, -0.25) is 4.40 Å². The van der Waals surface area contributed by atoms with Gasteiger partial charge in [0.05, 0.1) is 16.6 Å². The van der Waals surface area contributed by atoms with E-state index in [0.717, 1.165) is 32.8 Å². The predicted molar refractivity (Wildman–Crippen MR) is 99.9 cm³/mol. The highest BCUT2D eigenvalue weighted by molar-refractivity contribution is 7.25. The zero-order valence-corrected chi connectivity index (χ0v) is 13.7. The monoisotopic (exact) mass is 328 g/mol. The van der Waals surface area contributed by atoms with Crippen molar-refractivity contribution in [2.24, 2.45) is 7.05 Å². The minimum atomic E-state index is 0.931. The average Bonchev–Trinajstić information content (AvgIpc) is 3.24. The molecule has 0 aliphatic rings. The first-order chi connectivity index (χ1) is 11.8. The molecule has 0 aliphatic carbocycles.